The molecule has 0 spiro atoms. The molecule has 0 saturated heterocycles. The molecule has 0 radical (unpaired) electrons. The van der Waals surface area contributed by atoms with E-state index in [2.05, 4.69) is 11.9 Å². The van der Waals surface area contributed by atoms with Crippen molar-refractivity contribution in [2.45, 2.75) is 39.5 Å². The highest BCUT2D eigenvalue weighted by atomic mass is 14.9. The van der Waals surface area contributed by atoms with Gasteiger partial charge in [0.25, 0.3) is 0 Å². The Hall–Kier alpha value is -0.530. The van der Waals surface area contributed by atoms with Crippen molar-refractivity contribution in [3.63, 3.8) is 0 Å². The Labute approximate surface area is 68.9 Å². The Bertz CT molecular complexity index is 157. The molecule has 0 heterocycles. The summed E-state index contributed by atoms with van der Waals surface area (Å²) in [5.74, 6) is 0.810. The average Bonchev–Trinajstić information content (AvgIpc) is 2.81. The first-order chi connectivity index (χ1) is 5.22. The molecule has 0 unspecified atom stereocenters. The normalized spacial score (nSPS) is 21.8. The van der Waals surface area contributed by atoms with Crippen LogP contribution < -0.4 is 5.73 Å². The average molecular weight is 154 g/mol. The summed E-state index contributed by atoms with van der Waals surface area (Å²) in [6.45, 7) is 5.25. The SMILES string of the molecule is CCC(N)=NCC1(CC)CC1. The molecule has 0 atom stereocenters. The smallest absolute Gasteiger partial charge is 0.0934 e. The van der Waals surface area contributed by atoms with Crippen molar-refractivity contribution < 1.29 is 0 Å². The second-order valence-corrected chi connectivity index (χ2v) is 3.51. The lowest BCUT2D eigenvalue weighted by Gasteiger charge is -2.07. The molecule has 0 aromatic rings. The standard InChI is InChI=1S/C9H18N2/c1-3-8(10)11-7-9(4-2)5-6-9/h3-7H2,1-2H3,(H2,10,11). The van der Waals surface area contributed by atoms with Gasteiger partial charge in [0.15, 0.2) is 0 Å². The summed E-state index contributed by atoms with van der Waals surface area (Å²) in [7, 11) is 0. The van der Waals surface area contributed by atoms with Gasteiger partial charge in [-0.1, -0.05) is 13.8 Å². The summed E-state index contributed by atoms with van der Waals surface area (Å²) < 4.78 is 0. The van der Waals surface area contributed by atoms with Crippen LogP contribution in [0.1, 0.15) is 39.5 Å². The third kappa shape index (κ3) is 2.21. The second kappa shape index (κ2) is 3.24. The largest absolute Gasteiger partial charge is 0.387 e. The van der Waals surface area contributed by atoms with Crippen LogP contribution in [-0.4, -0.2) is 12.4 Å². The number of nitrogens with two attached hydrogens (primary N) is 1. The molecule has 0 aromatic carbocycles. The van der Waals surface area contributed by atoms with Crippen LogP contribution in [0.3, 0.4) is 0 Å². The number of rotatable bonds is 4. The third-order valence-corrected chi connectivity index (χ3v) is 2.69. The first kappa shape index (κ1) is 8.57. The molecule has 11 heavy (non-hydrogen) atoms. The van der Waals surface area contributed by atoms with Crippen molar-refractivity contribution in [3.8, 4) is 0 Å². The Morgan fingerprint density at radius 3 is 2.45 bits per heavy atom. The zero-order chi connectivity index (χ0) is 8.32. The molecule has 0 aromatic heterocycles. The van der Waals surface area contributed by atoms with Gasteiger partial charge in [-0.15, -0.1) is 0 Å². The molecular formula is C9H18N2. The Balaban J connectivity index is 2.31. The predicted molar refractivity (Wildman–Crippen MR) is 48.7 cm³/mol. The molecule has 64 valence electrons. The van der Waals surface area contributed by atoms with Crippen LogP contribution in [0.2, 0.25) is 0 Å². The number of aliphatic imine (C=N–C) groups is 1. The molecule has 2 N–H and O–H groups in total. The van der Waals surface area contributed by atoms with Crippen LogP contribution in [0, 0.1) is 5.41 Å². The highest BCUT2D eigenvalue weighted by Gasteiger charge is 2.40. The Kier molecular flexibility index (Phi) is 2.53. The molecule has 0 aliphatic heterocycles. The van der Waals surface area contributed by atoms with E-state index in [1.165, 1.54) is 19.3 Å². The van der Waals surface area contributed by atoms with Crippen molar-refractivity contribution in [1.29, 1.82) is 0 Å². The summed E-state index contributed by atoms with van der Waals surface area (Å²) >= 11 is 0. The van der Waals surface area contributed by atoms with Gasteiger partial charge in [0.1, 0.15) is 0 Å². The van der Waals surface area contributed by atoms with Gasteiger partial charge < -0.3 is 5.73 Å². The van der Waals surface area contributed by atoms with Gasteiger partial charge in [0, 0.05) is 13.0 Å². The van der Waals surface area contributed by atoms with Crippen molar-refractivity contribution in [3.05, 3.63) is 0 Å². The van der Waals surface area contributed by atoms with E-state index in [9.17, 15) is 0 Å². The fourth-order valence-corrected chi connectivity index (χ4v) is 1.18. The Morgan fingerprint density at radius 2 is 2.09 bits per heavy atom. The van der Waals surface area contributed by atoms with E-state index in [1.807, 2.05) is 6.92 Å². The van der Waals surface area contributed by atoms with E-state index in [-0.39, 0.29) is 0 Å². The fourth-order valence-electron chi connectivity index (χ4n) is 1.18. The van der Waals surface area contributed by atoms with Gasteiger partial charge >= 0.3 is 0 Å². The second-order valence-electron chi connectivity index (χ2n) is 3.51. The van der Waals surface area contributed by atoms with Crippen LogP contribution in [0.25, 0.3) is 0 Å². The van der Waals surface area contributed by atoms with Crippen LogP contribution in [0.15, 0.2) is 4.99 Å². The third-order valence-electron chi connectivity index (χ3n) is 2.69. The van der Waals surface area contributed by atoms with Crippen LogP contribution in [0.4, 0.5) is 0 Å². The summed E-state index contributed by atoms with van der Waals surface area (Å²) in [4.78, 5) is 4.34. The van der Waals surface area contributed by atoms with E-state index in [0.29, 0.717) is 5.41 Å². The molecule has 1 rings (SSSR count). The van der Waals surface area contributed by atoms with Crippen LogP contribution in [-0.2, 0) is 0 Å². The minimum absolute atomic E-state index is 0.555. The highest BCUT2D eigenvalue weighted by Crippen LogP contribution is 2.48. The summed E-state index contributed by atoms with van der Waals surface area (Å²) in [6, 6.07) is 0. The van der Waals surface area contributed by atoms with Crippen LogP contribution >= 0.6 is 0 Å². The lowest BCUT2D eigenvalue weighted by atomic mass is 10.1. The molecule has 2 heteroatoms. The molecular weight excluding hydrogens is 136 g/mol. The zero-order valence-corrected chi connectivity index (χ0v) is 7.56. The number of amidine groups is 1. The van der Waals surface area contributed by atoms with E-state index in [0.717, 1.165) is 18.8 Å². The summed E-state index contributed by atoms with van der Waals surface area (Å²) in [5.41, 5.74) is 6.17. The number of hydrogen-bond acceptors (Lipinski definition) is 1. The van der Waals surface area contributed by atoms with Gasteiger partial charge in [-0.25, -0.2) is 0 Å². The molecule has 0 amide bonds. The monoisotopic (exact) mass is 154 g/mol. The number of nitrogens with zero attached hydrogens (tertiary/aromatic N) is 1. The maximum Gasteiger partial charge on any atom is 0.0934 e. The quantitative estimate of drug-likeness (QED) is 0.488. The predicted octanol–water partition coefficient (Wildman–Crippen LogP) is 1.94. The molecule has 2 nitrogen and oxygen atoms in total. The van der Waals surface area contributed by atoms with Crippen molar-refractivity contribution in [2.24, 2.45) is 16.1 Å². The lowest BCUT2D eigenvalue weighted by molar-refractivity contribution is 0.506. The Morgan fingerprint density at radius 1 is 1.45 bits per heavy atom. The van der Waals surface area contributed by atoms with Gasteiger partial charge in [-0.05, 0) is 24.7 Å². The van der Waals surface area contributed by atoms with Crippen molar-refractivity contribution in [1.82, 2.24) is 0 Å². The first-order valence-electron chi connectivity index (χ1n) is 4.51. The molecule has 1 aliphatic carbocycles. The van der Waals surface area contributed by atoms with Gasteiger partial charge in [0.05, 0.1) is 5.84 Å². The van der Waals surface area contributed by atoms with E-state index in [4.69, 9.17) is 5.73 Å². The topological polar surface area (TPSA) is 38.4 Å². The highest BCUT2D eigenvalue weighted by molar-refractivity contribution is 5.79. The molecule has 1 fully saturated rings. The van der Waals surface area contributed by atoms with E-state index >= 15 is 0 Å². The van der Waals surface area contributed by atoms with Gasteiger partial charge in [-0.2, -0.15) is 0 Å². The first-order valence-corrected chi connectivity index (χ1v) is 4.51. The summed E-state index contributed by atoms with van der Waals surface area (Å²) in [5, 5.41) is 0. The minimum Gasteiger partial charge on any atom is -0.387 e. The van der Waals surface area contributed by atoms with E-state index < -0.39 is 0 Å². The molecule has 1 saturated carbocycles. The summed E-state index contributed by atoms with van der Waals surface area (Å²) in [6.07, 6.45) is 4.85. The zero-order valence-electron chi connectivity index (χ0n) is 7.56. The maximum absolute atomic E-state index is 5.61. The maximum atomic E-state index is 5.61. The van der Waals surface area contributed by atoms with Crippen LogP contribution in [0.5, 0.6) is 0 Å². The number of hydrogen-bond donors (Lipinski definition) is 1. The fraction of sp³-hybridized carbons (Fsp3) is 0.889. The molecule has 1 aliphatic rings. The van der Waals surface area contributed by atoms with Crippen molar-refractivity contribution in [2.75, 3.05) is 6.54 Å². The van der Waals surface area contributed by atoms with E-state index in [1.54, 1.807) is 0 Å². The van der Waals surface area contributed by atoms with Gasteiger partial charge in [-0.3, -0.25) is 4.99 Å². The molecule has 0 bridgehead atoms. The van der Waals surface area contributed by atoms with Crippen molar-refractivity contribution >= 4 is 5.84 Å². The minimum atomic E-state index is 0.555. The lowest BCUT2D eigenvalue weighted by Crippen LogP contribution is -2.13. The van der Waals surface area contributed by atoms with Gasteiger partial charge in [0.2, 0.25) is 0 Å².